The average Bonchev–Trinajstić information content (AvgIpc) is 3.22. The van der Waals surface area contributed by atoms with Gasteiger partial charge in [-0.2, -0.15) is 15.0 Å². The van der Waals surface area contributed by atoms with Crippen molar-refractivity contribution in [3.05, 3.63) is 30.7 Å². The Morgan fingerprint density at radius 1 is 1.33 bits per heavy atom. The summed E-state index contributed by atoms with van der Waals surface area (Å²) in [6.07, 6.45) is 12.1. The van der Waals surface area contributed by atoms with Crippen LogP contribution in [0.1, 0.15) is 39.0 Å². The quantitative estimate of drug-likeness (QED) is 0.427. The fraction of sp³-hybridized carbons (Fsp3) is 0.421. The van der Waals surface area contributed by atoms with Gasteiger partial charge >= 0.3 is 0 Å². The van der Waals surface area contributed by atoms with Crippen molar-refractivity contribution < 1.29 is 4.58 Å². The normalized spacial score (nSPS) is 19.9. The Labute approximate surface area is 158 Å². The minimum atomic E-state index is 0.0332. The van der Waals surface area contributed by atoms with Crippen molar-refractivity contribution in [2.24, 2.45) is 5.73 Å². The Balaban J connectivity index is 1.79. The van der Waals surface area contributed by atoms with Crippen LogP contribution in [0.4, 0.5) is 23.1 Å². The van der Waals surface area contributed by atoms with Crippen LogP contribution >= 0.6 is 0 Å². The molecule has 140 valence electrons. The molecule has 1 aliphatic carbocycles. The molecule has 1 atom stereocenters. The lowest BCUT2D eigenvalue weighted by Gasteiger charge is -2.39. The SMILES string of the molecule is CC[C@@H]1C(N)=[N+](C=N)c2cnc(Nc3ccncc3)nc2N1C1CCCC1. The number of nitrogens with one attached hydrogen (secondary N) is 2. The van der Waals surface area contributed by atoms with E-state index < -0.39 is 0 Å². The number of fused-ring (bicyclic) bond motifs is 1. The Morgan fingerprint density at radius 3 is 2.74 bits per heavy atom. The van der Waals surface area contributed by atoms with Crippen LogP contribution in [0.5, 0.6) is 0 Å². The lowest BCUT2D eigenvalue weighted by atomic mass is 10.0. The average molecular weight is 365 g/mol. The molecule has 2 aliphatic rings. The van der Waals surface area contributed by atoms with Crippen LogP contribution in [-0.4, -0.2) is 43.8 Å². The summed E-state index contributed by atoms with van der Waals surface area (Å²) in [5.74, 6) is 2.05. The molecule has 2 aromatic rings. The first kappa shape index (κ1) is 17.4. The van der Waals surface area contributed by atoms with Gasteiger partial charge in [0.15, 0.2) is 11.5 Å². The fourth-order valence-corrected chi connectivity index (χ4v) is 4.10. The van der Waals surface area contributed by atoms with Crippen molar-refractivity contribution in [1.82, 2.24) is 15.0 Å². The Kier molecular flexibility index (Phi) is 4.70. The zero-order chi connectivity index (χ0) is 18.8. The van der Waals surface area contributed by atoms with E-state index in [4.69, 9.17) is 16.1 Å². The molecule has 2 aromatic heterocycles. The van der Waals surface area contributed by atoms with E-state index in [0.717, 1.165) is 36.5 Å². The van der Waals surface area contributed by atoms with Gasteiger partial charge in [0, 0.05) is 24.1 Å². The first-order valence-electron chi connectivity index (χ1n) is 9.47. The van der Waals surface area contributed by atoms with Gasteiger partial charge < -0.3 is 16.0 Å². The summed E-state index contributed by atoms with van der Waals surface area (Å²) in [6, 6.07) is 4.21. The van der Waals surface area contributed by atoms with Crippen LogP contribution in [0.25, 0.3) is 0 Å². The highest BCUT2D eigenvalue weighted by atomic mass is 15.3. The first-order chi connectivity index (χ1) is 13.2. The van der Waals surface area contributed by atoms with Crippen LogP contribution in [0.3, 0.4) is 0 Å². The maximum Gasteiger partial charge on any atom is 0.229 e. The predicted octanol–water partition coefficient (Wildman–Crippen LogP) is 2.76. The maximum absolute atomic E-state index is 7.84. The van der Waals surface area contributed by atoms with Gasteiger partial charge in [-0.15, -0.1) is 0 Å². The number of hydrogen-bond donors (Lipinski definition) is 3. The zero-order valence-electron chi connectivity index (χ0n) is 15.5. The maximum atomic E-state index is 7.84. The van der Waals surface area contributed by atoms with Crippen LogP contribution < -0.4 is 16.0 Å². The molecule has 1 aliphatic heterocycles. The van der Waals surface area contributed by atoms with E-state index >= 15 is 0 Å². The van der Waals surface area contributed by atoms with Crippen molar-refractivity contribution >= 4 is 35.3 Å². The number of aromatic nitrogens is 3. The van der Waals surface area contributed by atoms with Crippen molar-refractivity contribution in [2.75, 3.05) is 10.2 Å². The van der Waals surface area contributed by atoms with Crippen LogP contribution in [0.15, 0.2) is 30.7 Å². The second-order valence-electron chi connectivity index (χ2n) is 6.96. The molecule has 0 amide bonds. The molecule has 0 aromatic carbocycles. The summed E-state index contributed by atoms with van der Waals surface area (Å²) >= 11 is 0. The summed E-state index contributed by atoms with van der Waals surface area (Å²) in [4.78, 5) is 15.7. The van der Waals surface area contributed by atoms with Gasteiger partial charge in [0.05, 0.1) is 6.20 Å². The van der Waals surface area contributed by atoms with E-state index in [0.29, 0.717) is 17.8 Å². The highest BCUT2D eigenvalue weighted by Crippen LogP contribution is 2.38. The molecule has 0 radical (unpaired) electrons. The minimum absolute atomic E-state index is 0.0332. The number of nitrogens with two attached hydrogens (primary N) is 1. The predicted molar refractivity (Wildman–Crippen MR) is 106 cm³/mol. The lowest BCUT2D eigenvalue weighted by Crippen LogP contribution is -2.55. The summed E-state index contributed by atoms with van der Waals surface area (Å²) < 4.78 is 1.70. The van der Waals surface area contributed by atoms with Gasteiger partial charge in [0.1, 0.15) is 6.04 Å². The molecule has 0 spiro atoms. The van der Waals surface area contributed by atoms with Crippen molar-refractivity contribution in [3.63, 3.8) is 0 Å². The van der Waals surface area contributed by atoms with E-state index in [9.17, 15) is 0 Å². The number of rotatable bonds is 5. The highest BCUT2D eigenvalue weighted by Gasteiger charge is 2.40. The topological polar surface area (TPSA) is 107 Å². The summed E-state index contributed by atoms with van der Waals surface area (Å²) in [5, 5.41) is 11.1. The molecule has 0 unspecified atom stereocenters. The van der Waals surface area contributed by atoms with Gasteiger partial charge in [0.25, 0.3) is 0 Å². The monoisotopic (exact) mass is 365 g/mol. The molecular weight excluding hydrogens is 340 g/mol. The number of hydrogen-bond acceptors (Lipinski definition) is 7. The van der Waals surface area contributed by atoms with Crippen LogP contribution in [0, 0.1) is 5.41 Å². The number of anilines is 3. The molecule has 8 nitrogen and oxygen atoms in total. The van der Waals surface area contributed by atoms with Crippen LogP contribution in [0.2, 0.25) is 0 Å². The summed E-state index contributed by atoms with van der Waals surface area (Å²) in [7, 11) is 0. The van der Waals surface area contributed by atoms with Crippen molar-refractivity contribution in [3.8, 4) is 0 Å². The Bertz CT molecular complexity index is 857. The van der Waals surface area contributed by atoms with E-state index in [2.05, 4.69) is 27.1 Å². The second kappa shape index (κ2) is 7.30. The third-order valence-electron chi connectivity index (χ3n) is 5.38. The molecule has 1 saturated carbocycles. The fourth-order valence-electron chi connectivity index (χ4n) is 4.10. The van der Waals surface area contributed by atoms with Gasteiger partial charge in [0.2, 0.25) is 18.1 Å². The molecule has 27 heavy (non-hydrogen) atoms. The van der Waals surface area contributed by atoms with Crippen molar-refractivity contribution in [2.45, 2.75) is 51.1 Å². The molecule has 8 heteroatoms. The van der Waals surface area contributed by atoms with E-state index in [1.54, 1.807) is 23.2 Å². The third kappa shape index (κ3) is 3.11. The second-order valence-corrected chi connectivity index (χ2v) is 6.96. The van der Waals surface area contributed by atoms with Crippen LogP contribution in [-0.2, 0) is 0 Å². The van der Waals surface area contributed by atoms with E-state index in [1.165, 1.54) is 19.2 Å². The lowest BCUT2D eigenvalue weighted by molar-refractivity contribution is -0.302. The molecule has 0 saturated heterocycles. The molecule has 1 fully saturated rings. The third-order valence-corrected chi connectivity index (χ3v) is 5.38. The Morgan fingerprint density at radius 2 is 2.07 bits per heavy atom. The summed E-state index contributed by atoms with van der Waals surface area (Å²) in [5.41, 5.74) is 8.10. The number of pyridine rings is 1. The largest absolute Gasteiger partial charge is 0.337 e. The number of nitrogens with zero attached hydrogens (tertiary/aromatic N) is 5. The van der Waals surface area contributed by atoms with Gasteiger partial charge in [-0.25, -0.2) is 4.98 Å². The number of amidine groups is 1. The van der Waals surface area contributed by atoms with Gasteiger partial charge in [-0.3, -0.25) is 4.98 Å². The standard InChI is InChI=1S/C19H24N8/c1-2-15-17(21)26(12-20)16-11-23-19(24-13-7-9-22-10-8-13)25-18(16)27(15)14-5-3-4-6-14/h7-12,14-15,20-21H,2-6H2,1H3,(H,22,23,24,25)/p+1/t15-/m1/s1. The highest BCUT2D eigenvalue weighted by molar-refractivity contribution is 5.92. The molecule has 4 N–H and O–H groups in total. The van der Waals surface area contributed by atoms with E-state index in [-0.39, 0.29) is 6.04 Å². The smallest absolute Gasteiger partial charge is 0.229 e. The Hall–Kier alpha value is -3.03. The molecular formula is C19H25N8+. The first-order valence-corrected chi connectivity index (χ1v) is 9.47. The minimum Gasteiger partial charge on any atom is -0.337 e. The van der Waals surface area contributed by atoms with Gasteiger partial charge in [-0.1, -0.05) is 19.8 Å². The van der Waals surface area contributed by atoms with Gasteiger partial charge in [-0.05, 0) is 31.4 Å². The molecule has 0 bridgehead atoms. The molecule has 3 heterocycles. The van der Waals surface area contributed by atoms with Crippen molar-refractivity contribution in [1.29, 1.82) is 5.41 Å². The molecule has 4 rings (SSSR count). The summed E-state index contributed by atoms with van der Waals surface area (Å²) in [6.45, 7) is 2.13. The zero-order valence-corrected chi connectivity index (χ0v) is 15.5. The van der Waals surface area contributed by atoms with E-state index in [1.807, 2.05) is 12.1 Å².